The normalized spacial score (nSPS) is 24.0. The summed E-state index contributed by atoms with van der Waals surface area (Å²) in [5.74, 6) is 0.548. The summed E-state index contributed by atoms with van der Waals surface area (Å²) in [6.07, 6.45) is 2.70. The monoisotopic (exact) mass is 601 g/mol. The average Bonchev–Trinajstić information content (AvgIpc) is 3.46. The van der Waals surface area contributed by atoms with Gasteiger partial charge in [0, 0.05) is 51.9 Å². The van der Waals surface area contributed by atoms with Crippen LogP contribution in [0.2, 0.25) is 0 Å². The number of hydrogen-bond donors (Lipinski definition) is 0. The minimum atomic E-state index is -0.772. The summed E-state index contributed by atoms with van der Waals surface area (Å²) in [4.78, 5) is 21.2. The molecule has 218 valence electrons. The number of piperazine rings is 1. The van der Waals surface area contributed by atoms with E-state index in [-0.39, 0.29) is 49.3 Å². The van der Waals surface area contributed by atoms with Gasteiger partial charge >= 0.3 is 5.97 Å². The predicted octanol–water partition coefficient (Wildman–Crippen LogP) is 4.57. The zero-order valence-corrected chi connectivity index (χ0v) is 25.3. The van der Waals surface area contributed by atoms with Crippen LogP contribution < -0.4 is 4.74 Å². The Kier molecular flexibility index (Phi) is 13.3. The largest absolute Gasteiger partial charge is 0.497 e. The van der Waals surface area contributed by atoms with E-state index in [9.17, 15) is 4.79 Å². The molecule has 2 aliphatic heterocycles. The van der Waals surface area contributed by atoms with E-state index in [1.165, 1.54) is 25.9 Å². The molecular weight excluding hydrogens is 561 g/mol. The van der Waals surface area contributed by atoms with E-state index in [0.717, 1.165) is 56.1 Å². The number of methoxy groups -OCH3 is 2. The van der Waals surface area contributed by atoms with Crippen molar-refractivity contribution in [2.75, 3.05) is 66.6 Å². The minimum absolute atomic E-state index is 0. The molecule has 3 atom stereocenters. The fourth-order valence-corrected chi connectivity index (χ4v) is 5.73. The lowest BCUT2D eigenvalue weighted by molar-refractivity contribution is -0.166. The molecule has 0 N–H and O–H groups in total. The number of esters is 1. The van der Waals surface area contributed by atoms with Crippen molar-refractivity contribution in [2.24, 2.45) is 0 Å². The molecule has 0 aromatic heterocycles. The second-order valence-corrected chi connectivity index (χ2v) is 10.2. The third kappa shape index (κ3) is 7.59. The van der Waals surface area contributed by atoms with Gasteiger partial charge in [-0.1, -0.05) is 42.5 Å². The molecule has 0 radical (unpaired) electrons. The van der Waals surface area contributed by atoms with Gasteiger partial charge in [-0.2, -0.15) is 0 Å². The number of halogens is 3. The van der Waals surface area contributed by atoms with E-state index in [2.05, 4.69) is 26.8 Å². The number of nitrogens with zero attached hydrogens (tertiary/aromatic N) is 3. The van der Waals surface area contributed by atoms with Gasteiger partial charge in [-0.25, -0.2) is 0 Å². The predicted molar refractivity (Wildman–Crippen MR) is 161 cm³/mol. The van der Waals surface area contributed by atoms with Crippen molar-refractivity contribution in [1.29, 1.82) is 0 Å². The van der Waals surface area contributed by atoms with Gasteiger partial charge in [-0.15, -0.1) is 37.2 Å². The summed E-state index contributed by atoms with van der Waals surface area (Å²) in [6, 6.07) is 17.8. The number of ether oxygens (including phenoxy) is 3. The quantitative estimate of drug-likeness (QED) is 0.369. The van der Waals surface area contributed by atoms with Crippen molar-refractivity contribution in [1.82, 2.24) is 14.7 Å². The van der Waals surface area contributed by atoms with Gasteiger partial charge in [0.25, 0.3) is 0 Å². The van der Waals surface area contributed by atoms with Crippen molar-refractivity contribution in [3.8, 4) is 5.75 Å². The fraction of sp³-hybridized carbons (Fsp3) is 0.552. The molecule has 39 heavy (non-hydrogen) atoms. The summed E-state index contributed by atoms with van der Waals surface area (Å²) in [6.45, 7) is 8.46. The second-order valence-electron chi connectivity index (χ2n) is 10.2. The minimum Gasteiger partial charge on any atom is -0.497 e. The lowest BCUT2D eigenvalue weighted by Gasteiger charge is -2.39. The summed E-state index contributed by atoms with van der Waals surface area (Å²) in [5, 5.41) is 0. The van der Waals surface area contributed by atoms with Gasteiger partial charge in [-0.05, 0) is 50.0 Å². The summed E-state index contributed by atoms with van der Waals surface area (Å²) >= 11 is 0. The fourth-order valence-electron chi connectivity index (χ4n) is 5.73. The molecule has 2 aromatic carbocycles. The highest BCUT2D eigenvalue weighted by atomic mass is 35.5. The van der Waals surface area contributed by atoms with Crippen molar-refractivity contribution in [3.05, 3.63) is 65.7 Å². The number of likely N-dealkylation sites (tertiary alicyclic amines) is 1. The standard InChI is InChI=1S/C29H39N3O4.3ClH/c1-34-25-12-10-24(11-13-25)29(22-26(29)35-2)28(33)36-27(23-8-4-3-5-9-23)32-20-18-31(19-21-32)17-16-30-14-6-7-15-30;;;/h3-5,8-13,26-27H,6-7,14-22H2,1-2H3;3*1H. The van der Waals surface area contributed by atoms with Crippen LogP contribution >= 0.6 is 37.2 Å². The molecule has 2 heterocycles. The Labute approximate surface area is 251 Å². The molecule has 0 amide bonds. The molecule has 5 rings (SSSR count). The van der Waals surface area contributed by atoms with Crippen LogP contribution in [0.1, 0.15) is 36.6 Å². The van der Waals surface area contributed by atoms with Crippen LogP contribution in [0.25, 0.3) is 0 Å². The maximum absolute atomic E-state index is 13.8. The SMILES string of the molecule is COc1ccc(C2(C(=O)OC(c3ccccc3)N3CCN(CCN4CCCC4)CC3)CC2OC)cc1.Cl.Cl.Cl. The van der Waals surface area contributed by atoms with E-state index in [1.807, 2.05) is 42.5 Å². The molecule has 3 fully saturated rings. The van der Waals surface area contributed by atoms with Crippen molar-refractivity contribution < 1.29 is 19.0 Å². The maximum atomic E-state index is 13.8. The molecule has 3 aliphatic rings. The van der Waals surface area contributed by atoms with E-state index in [4.69, 9.17) is 14.2 Å². The van der Waals surface area contributed by atoms with Gasteiger partial charge < -0.3 is 19.1 Å². The highest BCUT2D eigenvalue weighted by molar-refractivity contribution is 5.88. The summed E-state index contributed by atoms with van der Waals surface area (Å²) in [7, 11) is 3.31. The second kappa shape index (κ2) is 15.4. The topological polar surface area (TPSA) is 54.5 Å². The molecule has 10 heteroatoms. The highest BCUT2D eigenvalue weighted by Gasteiger charge is 2.64. The third-order valence-corrected chi connectivity index (χ3v) is 8.12. The summed E-state index contributed by atoms with van der Waals surface area (Å²) in [5.41, 5.74) is 1.15. The van der Waals surface area contributed by atoms with E-state index < -0.39 is 11.6 Å². The first-order valence-electron chi connectivity index (χ1n) is 13.3. The van der Waals surface area contributed by atoms with Crippen LogP contribution in [0.5, 0.6) is 5.75 Å². The smallest absolute Gasteiger partial charge is 0.321 e. The van der Waals surface area contributed by atoms with E-state index >= 15 is 0 Å². The first kappa shape index (κ1) is 33.6. The number of benzene rings is 2. The zero-order chi connectivity index (χ0) is 25.0. The lowest BCUT2D eigenvalue weighted by atomic mass is 9.95. The third-order valence-electron chi connectivity index (χ3n) is 8.12. The average molecular weight is 603 g/mol. The van der Waals surface area contributed by atoms with E-state index in [0.29, 0.717) is 6.42 Å². The van der Waals surface area contributed by atoms with Gasteiger partial charge in [0.2, 0.25) is 0 Å². The Hall–Kier alpha value is -1.58. The Morgan fingerprint density at radius 2 is 1.44 bits per heavy atom. The number of hydrogen-bond acceptors (Lipinski definition) is 7. The van der Waals surface area contributed by atoms with Gasteiger partial charge in [0.05, 0.1) is 13.2 Å². The molecule has 7 nitrogen and oxygen atoms in total. The Bertz CT molecular complexity index is 1000. The first-order chi connectivity index (χ1) is 17.6. The van der Waals surface area contributed by atoms with Crippen LogP contribution in [0.15, 0.2) is 54.6 Å². The molecule has 0 bridgehead atoms. The van der Waals surface area contributed by atoms with Crippen LogP contribution in [0.4, 0.5) is 0 Å². The molecule has 2 saturated heterocycles. The molecule has 1 saturated carbocycles. The lowest BCUT2D eigenvalue weighted by Crippen LogP contribution is -2.50. The Balaban J connectivity index is 0.00000178. The van der Waals surface area contributed by atoms with Crippen molar-refractivity contribution in [3.63, 3.8) is 0 Å². The number of carbonyl (C=O) groups is 1. The van der Waals surface area contributed by atoms with Gasteiger partial charge in [0.1, 0.15) is 11.2 Å². The van der Waals surface area contributed by atoms with Crippen molar-refractivity contribution in [2.45, 2.75) is 37.0 Å². The van der Waals surface area contributed by atoms with Gasteiger partial charge in [0.15, 0.2) is 6.23 Å². The molecule has 2 aromatic rings. The van der Waals surface area contributed by atoms with Crippen LogP contribution in [0.3, 0.4) is 0 Å². The molecule has 0 spiro atoms. The molecule has 3 unspecified atom stereocenters. The van der Waals surface area contributed by atoms with Crippen LogP contribution in [0, 0.1) is 0 Å². The number of rotatable bonds is 10. The zero-order valence-electron chi connectivity index (χ0n) is 22.8. The van der Waals surface area contributed by atoms with Gasteiger partial charge in [-0.3, -0.25) is 14.6 Å². The molecule has 1 aliphatic carbocycles. The van der Waals surface area contributed by atoms with Crippen LogP contribution in [-0.2, 0) is 19.7 Å². The number of carbonyl (C=O) groups excluding carboxylic acids is 1. The van der Waals surface area contributed by atoms with E-state index in [1.54, 1.807) is 14.2 Å². The van der Waals surface area contributed by atoms with Crippen molar-refractivity contribution >= 4 is 43.2 Å². The summed E-state index contributed by atoms with van der Waals surface area (Å²) < 4.78 is 17.4. The first-order valence-corrected chi connectivity index (χ1v) is 13.3. The maximum Gasteiger partial charge on any atom is 0.321 e. The molecular formula is C29H42Cl3N3O4. The highest BCUT2D eigenvalue weighted by Crippen LogP contribution is 2.52. The Morgan fingerprint density at radius 3 is 1.97 bits per heavy atom. The van der Waals surface area contributed by atoms with Crippen LogP contribution in [-0.4, -0.2) is 93.4 Å². The Morgan fingerprint density at radius 1 is 0.846 bits per heavy atom.